The van der Waals surface area contributed by atoms with Crippen molar-refractivity contribution < 1.29 is 14.3 Å². The lowest BCUT2D eigenvalue weighted by molar-refractivity contribution is 0.0317. The second kappa shape index (κ2) is 7.05. The van der Waals surface area contributed by atoms with Crippen LogP contribution >= 0.6 is 11.3 Å². The van der Waals surface area contributed by atoms with E-state index in [-0.39, 0.29) is 5.78 Å². The largest absolute Gasteiger partial charge is 0.355 e. The molecule has 1 unspecified atom stereocenters. The van der Waals surface area contributed by atoms with Crippen molar-refractivity contribution in [1.82, 2.24) is 15.5 Å². The number of thiophene rings is 1. The summed E-state index contributed by atoms with van der Waals surface area (Å²) in [6.07, 6.45) is -0.578. The van der Waals surface area contributed by atoms with Crippen molar-refractivity contribution in [1.29, 1.82) is 0 Å². The van der Waals surface area contributed by atoms with Crippen LogP contribution in [0.5, 0.6) is 0 Å². The van der Waals surface area contributed by atoms with E-state index in [1.165, 1.54) is 4.90 Å². The van der Waals surface area contributed by atoms with Gasteiger partial charge in [-0.1, -0.05) is 12.1 Å². The van der Waals surface area contributed by atoms with E-state index in [1.807, 2.05) is 19.9 Å². The van der Waals surface area contributed by atoms with Gasteiger partial charge in [0.25, 0.3) is 0 Å². The average Bonchev–Trinajstić information content (AvgIpc) is 3.37. The molecular weight excluding hydrogens is 402 g/mol. The van der Waals surface area contributed by atoms with Crippen LogP contribution in [0.15, 0.2) is 24.3 Å². The van der Waals surface area contributed by atoms with Crippen molar-refractivity contribution in [2.45, 2.75) is 20.1 Å². The molecule has 0 spiro atoms. The first-order valence-corrected chi connectivity index (χ1v) is 10.5. The van der Waals surface area contributed by atoms with E-state index in [2.05, 4.69) is 21.6 Å². The summed E-state index contributed by atoms with van der Waals surface area (Å²) in [6, 6.07) is 6.77. The number of aromatic amines is 1. The third-order valence-corrected chi connectivity index (χ3v) is 6.49. The molecule has 0 bridgehead atoms. The number of hydrogen-bond acceptors (Lipinski definition) is 6. The minimum atomic E-state index is -0.666. The van der Waals surface area contributed by atoms with E-state index in [9.17, 15) is 9.59 Å². The Morgan fingerprint density at radius 2 is 2.13 bits per heavy atom. The standard InChI is InChI=1S/C21H21N5O3S/c1-10-8-13(11(2)30-10)19-17-18(24-25-19)12-4-3-5-14(16(12)20(17)27)26(21(22)28)15-9-23-6-7-29-15/h3-5,8,15,23H,6-7,9H2,1-2H3,(H2,22,28)(H,24,25). The number of urea groups is 1. The number of amides is 2. The zero-order valence-electron chi connectivity index (χ0n) is 16.6. The predicted molar refractivity (Wildman–Crippen MR) is 115 cm³/mol. The Bertz CT molecular complexity index is 1180. The molecule has 0 radical (unpaired) electrons. The maximum atomic E-state index is 13.6. The molecular formula is C21H21N5O3S. The molecule has 154 valence electrons. The van der Waals surface area contributed by atoms with Crippen LogP contribution in [0, 0.1) is 13.8 Å². The number of hydrogen-bond donors (Lipinski definition) is 3. The van der Waals surface area contributed by atoms with Gasteiger partial charge in [0.1, 0.15) is 5.69 Å². The SMILES string of the molecule is Cc1cc(-c2[nH]nc3c2C(=O)c2c-3cccc2N(C(N)=O)C2CNCCO2)c(C)s1. The molecule has 3 heterocycles. The highest BCUT2D eigenvalue weighted by Crippen LogP contribution is 2.45. The van der Waals surface area contributed by atoms with Gasteiger partial charge in [0, 0.05) is 34.0 Å². The Balaban J connectivity index is 1.64. The van der Waals surface area contributed by atoms with Gasteiger partial charge in [0.2, 0.25) is 0 Å². The molecule has 1 fully saturated rings. The van der Waals surface area contributed by atoms with Gasteiger partial charge in [0.15, 0.2) is 12.0 Å². The Labute approximate surface area is 177 Å². The number of nitrogens with two attached hydrogens (primary N) is 1. The Hall–Kier alpha value is -3.01. The Morgan fingerprint density at radius 3 is 2.80 bits per heavy atom. The van der Waals surface area contributed by atoms with Crippen LogP contribution in [0.3, 0.4) is 0 Å². The third kappa shape index (κ3) is 2.78. The van der Waals surface area contributed by atoms with E-state index in [4.69, 9.17) is 10.5 Å². The second-order valence-corrected chi connectivity index (χ2v) is 8.88. The van der Waals surface area contributed by atoms with Crippen molar-refractivity contribution >= 4 is 28.8 Å². The van der Waals surface area contributed by atoms with Crippen LogP contribution < -0.4 is 16.0 Å². The van der Waals surface area contributed by atoms with E-state index < -0.39 is 12.3 Å². The lowest BCUT2D eigenvalue weighted by atomic mass is 10.0. The summed E-state index contributed by atoms with van der Waals surface area (Å²) in [5.74, 6) is -0.169. The first-order valence-electron chi connectivity index (χ1n) is 9.72. The summed E-state index contributed by atoms with van der Waals surface area (Å²) in [5, 5.41) is 10.7. The molecule has 3 aromatic rings. The molecule has 1 saturated heterocycles. The van der Waals surface area contributed by atoms with Gasteiger partial charge in [0.05, 0.1) is 29.1 Å². The number of carbonyl (C=O) groups is 2. The lowest BCUT2D eigenvalue weighted by Crippen LogP contribution is -2.53. The maximum absolute atomic E-state index is 13.6. The fraction of sp³-hybridized carbons (Fsp3) is 0.286. The molecule has 1 aliphatic heterocycles. The normalized spacial score (nSPS) is 17.7. The van der Waals surface area contributed by atoms with Gasteiger partial charge in [-0.25, -0.2) is 4.79 Å². The van der Waals surface area contributed by atoms with Crippen molar-refractivity contribution in [2.75, 3.05) is 24.6 Å². The number of benzene rings is 1. The van der Waals surface area contributed by atoms with Crippen LogP contribution in [-0.2, 0) is 4.74 Å². The maximum Gasteiger partial charge on any atom is 0.321 e. The van der Waals surface area contributed by atoms with Crippen LogP contribution in [0.1, 0.15) is 25.7 Å². The fourth-order valence-electron chi connectivity index (χ4n) is 4.27. The zero-order valence-corrected chi connectivity index (χ0v) is 17.4. The van der Waals surface area contributed by atoms with Crippen molar-refractivity contribution in [3.05, 3.63) is 45.1 Å². The number of ketones is 1. The number of H-pyrrole nitrogens is 1. The molecule has 4 N–H and O–H groups in total. The number of nitrogens with zero attached hydrogens (tertiary/aromatic N) is 2. The van der Waals surface area contributed by atoms with Gasteiger partial charge >= 0.3 is 6.03 Å². The van der Waals surface area contributed by atoms with E-state index >= 15 is 0 Å². The third-order valence-electron chi connectivity index (χ3n) is 5.52. The van der Waals surface area contributed by atoms with Gasteiger partial charge in [-0.05, 0) is 26.0 Å². The molecule has 5 rings (SSSR count). The summed E-state index contributed by atoms with van der Waals surface area (Å²) >= 11 is 1.68. The molecule has 2 amide bonds. The number of anilines is 1. The molecule has 30 heavy (non-hydrogen) atoms. The quantitative estimate of drug-likeness (QED) is 0.469. The van der Waals surface area contributed by atoms with Crippen LogP contribution in [0.4, 0.5) is 10.5 Å². The average molecular weight is 423 g/mol. The van der Waals surface area contributed by atoms with E-state index in [0.29, 0.717) is 53.5 Å². The van der Waals surface area contributed by atoms with Gasteiger partial charge in [-0.2, -0.15) is 5.10 Å². The number of primary amides is 1. The number of aryl methyl sites for hydroxylation is 2. The molecule has 1 aliphatic carbocycles. The van der Waals surface area contributed by atoms with Crippen LogP contribution in [0.2, 0.25) is 0 Å². The van der Waals surface area contributed by atoms with Crippen molar-refractivity contribution in [3.63, 3.8) is 0 Å². The topological polar surface area (TPSA) is 113 Å². The predicted octanol–water partition coefficient (Wildman–Crippen LogP) is 2.80. The zero-order chi connectivity index (χ0) is 21.0. The minimum Gasteiger partial charge on any atom is -0.355 e. The molecule has 2 aromatic heterocycles. The van der Waals surface area contributed by atoms with Crippen LogP contribution in [0.25, 0.3) is 22.5 Å². The number of carbonyl (C=O) groups excluding carboxylic acids is 2. The smallest absolute Gasteiger partial charge is 0.321 e. The summed E-state index contributed by atoms with van der Waals surface area (Å²) in [4.78, 5) is 29.6. The fourth-order valence-corrected chi connectivity index (χ4v) is 5.20. The van der Waals surface area contributed by atoms with Gasteiger partial charge in [-0.15, -0.1) is 11.3 Å². The van der Waals surface area contributed by atoms with E-state index in [0.717, 1.165) is 15.3 Å². The second-order valence-electron chi connectivity index (χ2n) is 7.42. The molecule has 1 aromatic carbocycles. The molecule has 2 aliphatic rings. The van der Waals surface area contributed by atoms with Crippen molar-refractivity contribution in [2.24, 2.45) is 5.73 Å². The highest BCUT2D eigenvalue weighted by atomic mass is 32.1. The van der Waals surface area contributed by atoms with E-state index in [1.54, 1.807) is 23.5 Å². The van der Waals surface area contributed by atoms with Gasteiger partial charge in [-0.3, -0.25) is 14.8 Å². The highest BCUT2D eigenvalue weighted by Gasteiger charge is 2.38. The first kappa shape index (κ1) is 19.0. The number of morpholine rings is 1. The Morgan fingerprint density at radius 1 is 1.30 bits per heavy atom. The number of ether oxygens (including phenoxy) is 1. The molecule has 1 atom stereocenters. The minimum absolute atomic E-state index is 0.169. The lowest BCUT2D eigenvalue weighted by Gasteiger charge is -2.34. The summed E-state index contributed by atoms with van der Waals surface area (Å²) in [7, 11) is 0. The van der Waals surface area contributed by atoms with Crippen LogP contribution in [-0.4, -0.2) is 47.9 Å². The number of nitrogens with one attached hydrogen (secondary N) is 2. The number of fused-ring (bicyclic) bond motifs is 3. The van der Waals surface area contributed by atoms with Crippen molar-refractivity contribution in [3.8, 4) is 22.5 Å². The molecule has 8 nitrogen and oxygen atoms in total. The summed E-state index contributed by atoms with van der Waals surface area (Å²) in [6.45, 7) is 5.66. The first-order chi connectivity index (χ1) is 14.5. The number of rotatable bonds is 3. The molecule has 0 saturated carbocycles. The summed E-state index contributed by atoms with van der Waals surface area (Å²) < 4.78 is 5.75. The summed E-state index contributed by atoms with van der Waals surface area (Å²) in [5.41, 5.74) is 10.1. The van der Waals surface area contributed by atoms with Gasteiger partial charge < -0.3 is 15.8 Å². The Kier molecular flexibility index (Phi) is 4.46. The molecule has 9 heteroatoms. The highest BCUT2D eigenvalue weighted by molar-refractivity contribution is 7.12. The monoisotopic (exact) mass is 423 g/mol. The number of aromatic nitrogens is 2.